The summed E-state index contributed by atoms with van der Waals surface area (Å²) in [5.74, 6) is -1.88. The Bertz CT molecular complexity index is 500. The number of hydrogen-bond donors (Lipinski definition) is 2. The molecule has 1 aromatic rings. The summed E-state index contributed by atoms with van der Waals surface area (Å²) in [6.07, 6.45) is 4.11. The number of halogens is 1. The minimum absolute atomic E-state index is 0.262. The molecule has 0 spiro atoms. The monoisotopic (exact) mass is 228 g/mol. The molecule has 88 valence electrons. The first-order valence-electron chi connectivity index (χ1n) is 5.31. The Morgan fingerprint density at radius 1 is 1.38 bits per heavy atom. The Hall–Kier alpha value is -1.59. The van der Waals surface area contributed by atoms with Gasteiger partial charge in [0.05, 0.1) is 0 Å². The van der Waals surface area contributed by atoms with Crippen LogP contribution >= 0.6 is 0 Å². The van der Waals surface area contributed by atoms with Gasteiger partial charge >= 0.3 is 5.69 Å². The number of rotatable bonds is 2. The van der Waals surface area contributed by atoms with Crippen molar-refractivity contribution in [2.24, 2.45) is 5.92 Å². The highest BCUT2D eigenvalue weighted by molar-refractivity contribution is 5.09. The van der Waals surface area contributed by atoms with Crippen molar-refractivity contribution >= 4 is 0 Å². The fraction of sp³-hybridized carbons (Fsp3) is 0.600. The molecular formula is C10H13FN2O3. The van der Waals surface area contributed by atoms with Gasteiger partial charge in [-0.25, -0.2) is 4.79 Å². The van der Waals surface area contributed by atoms with E-state index in [1.54, 1.807) is 0 Å². The first-order valence-corrected chi connectivity index (χ1v) is 5.31. The van der Waals surface area contributed by atoms with Crippen molar-refractivity contribution in [3.05, 3.63) is 26.7 Å². The summed E-state index contributed by atoms with van der Waals surface area (Å²) in [4.78, 5) is 24.1. The molecule has 5 nitrogen and oxygen atoms in total. The molecule has 16 heavy (non-hydrogen) atoms. The van der Waals surface area contributed by atoms with E-state index in [4.69, 9.17) is 0 Å². The lowest BCUT2D eigenvalue weighted by molar-refractivity contribution is 0.332. The summed E-state index contributed by atoms with van der Waals surface area (Å²) in [5, 5.41) is 9.39. The molecular weight excluding hydrogens is 215 g/mol. The molecule has 1 fully saturated rings. The number of nitrogens with zero attached hydrogens (tertiary/aromatic N) is 1. The lowest BCUT2D eigenvalue weighted by Gasteiger charge is -2.12. The summed E-state index contributed by atoms with van der Waals surface area (Å²) in [7, 11) is 0. The predicted octanol–water partition coefficient (Wildman–Crippen LogP) is 0.571. The second-order valence-electron chi connectivity index (χ2n) is 4.16. The Morgan fingerprint density at radius 2 is 2.00 bits per heavy atom. The summed E-state index contributed by atoms with van der Waals surface area (Å²) >= 11 is 0. The van der Waals surface area contributed by atoms with Crippen molar-refractivity contribution in [1.29, 1.82) is 0 Å². The van der Waals surface area contributed by atoms with Gasteiger partial charge in [0.15, 0.2) is 0 Å². The van der Waals surface area contributed by atoms with Gasteiger partial charge in [0.25, 0.3) is 5.56 Å². The molecule has 2 rings (SSSR count). The minimum Gasteiger partial charge on any atom is -0.492 e. The molecule has 0 radical (unpaired) electrons. The van der Waals surface area contributed by atoms with Crippen molar-refractivity contribution in [3.8, 4) is 5.88 Å². The fourth-order valence-electron chi connectivity index (χ4n) is 2.16. The van der Waals surface area contributed by atoms with Gasteiger partial charge in [-0.2, -0.15) is 4.39 Å². The molecule has 0 unspecified atom stereocenters. The Labute approximate surface area is 90.5 Å². The minimum atomic E-state index is -1.29. The van der Waals surface area contributed by atoms with E-state index in [0.29, 0.717) is 0 Å². The third-order valence-corrected chi connectivity index (χ3v) is 3.03. The number of H-pyrrole nitrogens is 1. The van der Waals surface area contributed by atoms with Crippen molar-refractivity contribution in [3.63, 3.8) is 0 Å². The number of aromatic amines is 1. The zero-order chi connectivity index (χ0) is 11.7. The smallest absolute Gasteiger partial charge is 0.331 e. The van der Waals surface area contributed by atoms with Gasteiger partial charge < -0.3 is 5.11 Å². The van der Waals surface area contributed by atoms with Crippen LogP contribution in [0, 0.1) is 11.7 Å². The molecule has 1 saturated carbocycles. The van der Waals surface area contributed by atoms with Gasteiger partial charge in [0.1, 0.15) is 0 Å². The molecule has 1 aromatic heterocycles. The fourth-order valence-corrected chi connectivity index (χ4v) is 2.16. The van der Waals surface area contributed by atoms with Gasteiger partial charge in [0.2, 0.25) is 11.7 Å². The quantitative estimate of drug-likeness (QED) is 0.777. The lowest BCUT2D eigenvalue weighted by Crippen LogP contribution is -2.33. The Kier molecular flexibility index (Phi) is 2.80. The molecule has 1 aliphatic rings. The highest BCUT2D eigenvalue weighted by Crippen LogP contribution is 2.26. The third-order valence-electron chi connectivity index (χ3n) is 3.03. The molecule has 1 heterocycles. The van der Waals surface area contributed by atoms with Gasteiger partial charge in [-0.05, 0) is 18.8 Å². The van der Waals surface area contributed by atoms with Crippen LogP contribution in [0.2, 0.25) is 0 Å². The zero-order valence-electron chi connectivity index (χ0n) is 8.70. The molecule has 0 atom stereocenters. The van der Waals surface area contributed by atoms with Crippen LogP contribution < -0.4 is 11.2 Å². The molecule has 0 amide bonds. The number of aromatic nitrogens is 2. The van der Waals surface area contributed by atoms with Crippen LogP contribution in [-0.2, 0) is 6.54 Å². The van der Waals surface area contributed by atoms with E-state index in [-0.39, 0.29) is 12.5 Å². The van der Waals surface area contributed by atoms with Crippen molar-refractivity contribution in [2.45, 2.75) is 32.2 Å². The number of hydrogen-bond acceptors (Lipinski definition) is 3. The van der Waals surface area contributed by atoms with E-state index in [9.17, 15) is 19.1 Å². The average molecular weight is 228 g/mol. The van der Waals surface area contributed by atoms with E-state index in [2.05, 4.69) is 0 Å². The highest BCUT2D eigenvalue weighted by atomic mass is 19.1. The van der Waals surface area contributed by atoms with Crippen LogP contribution in [0.4, 0.5) is 4.39 Å². The summed E-state index contributed by atoms with van der Waals surface area (Å²) in [5.41, 5.74) is -1.93. The number of nitrogens with one attached hydrogen (secondary N) is 1. The van der Waals surface area contributed by atoms with Gasteiger partial charge in [0, 0.05) is 6.54 Å². The van der Waals surface area contributed by atoms with Crippen LogP contribution in [-0.4, -0.2) is 14.7 Å². The van der Waals surface area contributed by atoms with Crippen LogP contribution in [0.1, 0.15) is 25.7 Å². The zero-order valence-corrected chi connectivity index (χ0v) is 8.70. The van der Waals surface area contributed by atoms with E-state index in [1.807, 2.05) is 4.98 Å². The topological polar surface area (TPSA) is 75.1 Å². The number of aromatic hydroxyl groups is 1. The van der Waals surface area contributed by atoms with Crippen LogP contribution in [0.3, 0.4) is 0 Å². The third kappa shape index (κ3) is 1.87. The normalized spacial score (nSPS) is 16.8. The molecule has 6 heteroatoms. The second-order valence-corrected chi connectivity index (χ2v) is 4.16. The highest BCUT2D eigenvalue weighted by Gasteiger charge is 2.20. The van der Waals surface area contributed by atoms with Gasteiger partial charge in [-0.1, -0.05) is 12.8 Å². The molecule has 0 bridgehead atoms. The van der Waals surface area contributed by atoms with Gasteiger partial charge in [-0.15, -0.1) is 0 Å². The maximum absolute atomic E-state index is 13.1. The summed E-state index contributed by atoms with van der Waals surface area (Å²) in [6.45, 7) is 0.262. The maximum atomic E-state index is 13.1. The summed E-state index contributed by atoms with van der Waals surface area (Å²) in [6, 6.07) is 0. The van der Waals surface area contributed by atoms with Gasteiger partial charge in [-0.3, -0.25) is 14.3 Å². The second kappa shape index (κ2) is 4.11. The molecule has 2 N–H and O–H groups in total. The maximum Gasteiger partial charge on any atom is 0.331 e. The van der Waals surface area contributed by atoms with Crippen LogP contribution in [0.15, 0.2) is 9.59 Å². The van der Waals surface area contributed by atoms with Crippen molar-refractivity contribution in [2.75, 3.05) is 0 Å². The first kappa shape index (κ1) is 10.9. The van der Waals surface area contributed by atoms with E-state index >= 15 is 0 Å². The predicted molar refractivity (Wildman–Crippen MR) is 54.9 cm³/mol. The van der Waals surface area contributed by atoms with E-state index < -0.39 is 22.9 Å². The van der Waals surface area contributed by atoms with Crippen LogP contribution in [0.5, 0.6) is 5.88 Å². The lowest BCUT2D eigenvalue weighted by atomic mass is 10.1. The van der Waals surface area contributed by atoms with Crippen LogP contribution in [0.25, 0.3) is 0 Å². The van der Waals surface area contributed by atoms with Crippen molar-refractivity contribution < 1.29 is 9.50 Å². The largest absolute Gasteiger partial charge is 0.492 e. The molecule has 1 aliphatic carbocycles. The average Bonchev–Trinajstić information content (AvgIpc) is 2.74. The Balaban J connectivity index is 2.36. The van der Waals surface area contributed by atoms with Crippen molar-refractivity contribution in [1.82, 2.24) is 9.55 Å². The Morgan fingerprint density at radius 3 is 2.62 bits per heavy atom. The molecule has 0 aliphatic heterocycles. The summed E-state index contributed by atoms with van der Waals surface area (Å²) < 4.78 is 14.0. The molecule has 0 saturated heterocycles. The van der Waals surface area contributed by atoms with E-state index in [1.165, 1.54) is 0 Å². The van der Waals surface area contributed by atoms with E-state index in [0.717, 1.165) is 30.3 Å². The SMILES string of the molecule is O=c1[nH]c(=O)n(CC2CCCC2)c(O)c1F. The molecule has 0 aromatic carbocycles. The standard InChI is InChI=1S/C10H13FN2O3/c11-7-8(14)12-10(16)13(9(7)15)5-6-3-1-2-4-6/h6,15H,1-5H2,(H,12,14,16). The first-order chi connectivity index (χ1) is 7.59.